The molecule has 0 aliphatic carbocycles. The molecule has 1 atom stereocenters. The standard InChI is InChI=1S/C17H24N2O/c1-13(2)16-9-6-10-19(16)17(20)15-8-5-7-14(11-15)12-18(3)4/h5-9,11,13,16H,10,12H2,1-4H3. The quantitative estimate of drug-likeness (QED) is 0.787. The van der Waals surface area contributed by atoms with Crippen LogP contribution in [0.4, 0.5) is 0 Å². The van der Waals surface area contributed by atoms with Crippen molar-refractivity contribution in [1.82, 2.24) is 9.80 Å². The number of carbonyl (C=O) groups excluding carboxylic acids is 1. The first kappa shape index (κ1) is 14.8. The van der Waals surface area contributed by atoms with Gasteiger partial charge in [0.15, 0.2) is 0 Å². The summed E-state index contributed by atoms with van der Waals surface area (Å²) < 4.78 is 0. The molecule has 3 nitrogen and oxygen atoms in total. The minimum atomic E-state index is 0.134. The first-order valence-electron chi connectivity index (χ1n) is 7.20. The number of rotatable bonds is 4. The van der Waals surface area contributed by atoms with Gasteiger partial charge in [0.05, 0.1) is 6.04 Å². The van der Waals surface area contributed by atoms with Crippen LogP contribution in [0, 0.1) is 5.92 Å². The molecule has 0 spiro atoms. The minimum absolute atomic E-state index is 0.134. The lowest BCUT2D eigenvalue weighted by Gasteiger charge is -2.27. The van der Waals surface area contributed by atoms with E-state index < -0.39 is 0 Å². The Labute approximate surface area is 121 Å². The average Bonchev–Trinajstić information content (AvgIpc) is 2.86. The topological polar surface area (TPSA) is 23.6 Å². The van der Waals surface area contributed by atoms with E-state index in [-0.39, 0.29) is 11.9 Å². The third-order valence-electron chi connectivity index (χ3n) is 3.61. The summed E-state index contributed by atoms with van der Waals surface area (Å²) in [4.78, 5) is 16.7. The maximum absolute atomic E-state index is 12.7. The molecule has 0 fully saturated rings. The van der Waals surface area contributed by atoms with Crippen molar-refractivity contribution in [1.29, 1.82) is 0 Å². The summed E-state index contributed by atoms with van der Waals surface area (Å²) in [5.41, 5.74) is 1.97. The molecular formula is C17H24N2O. The summed E-state index contributed by atoms with van der Waals surface area (Å²) in [6.45, 7) is 5.89. The van der Waals surface area contributed by atoms with Crippen LogP contribution in [0.2, 0.25) is 0 Å². The van der Waals surface area contributed by atoms with E-state index in [1.165, 1.54) is 5.56 Å². The van der Waals surface area contributed by atoms with Gasteiger partial charge in [-0.3, -0.25) is 4.79 Å². The zero-order valence-electron chi connectivity index (χ0n) is 12.8. The summed E-state index contributed by atoms with van der Waals surface area (Å²) in [6, 6.07) is 8.19. The molecule has 1 aromatic carbocycles. The Bertz CT molecular complexity index is 505. The number of hydrogen-bond acceptors (Lipinski definition) is 2. The van der Waals surface area contributed by atoms with Crippen LogP contribution in [0.15, 0.2) is 36.4 Å². The second-order valence-electron chi connectivity index (χ2n) is 6.06. The number of nitrogens with zero attached hydrogens (tertiary/aromatic N) is 2. The highest BCUT2D eigenvalue weighted by Crippen LogP contribution is 2.21. The van der Waals surface area contributed by atoms with Gasteiger partial charge in [-0.2, -0.15) is 0 Å². The van der Waals surface area contributed by atoms with Gasteiger partial charge in [0.2, 0.25) is 0 Å². The van der Waals surface area contributed by atoms with Crippen molar-refractivity contribution in [3.05, 3.63) is 47.5 Å². The smallest absolute Gasteiger partial charge is 0.254 e. The second kappa shape index (κ2) is 6.23. The molecule has 20 heavy (non-hydrogen) atoms. The van der Waals surface area contributed by atoms with E-state index >= 15 is 0 Å². The molecular weight excluding hydrogens is 248 g/mol. The molecule has 0 N–H and O–H groups in total. The van der Waals surface area contributed by atoms with E-state index in [9.17, 15) is 4.79 Å². The largest absolute Gasteiger partial charge is 0.328 e. The van der Waals surface area contributed by atoms with Gasteiger partial charge in [-0.1, -0.05) is 38.1 Å². The molecule has 0 saturated carbocycles. The summed E-state index contributed by atoms with van der Waals surface area (Å²) in [5, 5.41) is 0. The SMILES string of the molecule is CC(C)C1C=CCN1C(=O)c1cccc(CN(C)C)c1. The first-order chi connectivity index (χ1) is 9.49. The molecule has 0 aromatic heterocycles. The Morgan fingerprint density at radius 2 is 2.15 bits per heavy atom. The lowest BCUT2D eigenvalue weighted by atomic mass is 10.0. The third-order valence-corrected chi connectivity index (χ3v) is 3.61. The van der Waals surface area contributed by atoms with Gasteiger partial charge in [0.1, 0.15) is 0 Å². The normalized spacial score (nSPS) is 18.3. The lowest BCUT2D eigenvalue weighted by Crippen LogP contribution is -2.39. The number of carbonyl (C=O) groups is 1. The Hall–Kier alpha value is -1.61. The zero-order valence-corrected chi connectivity index (χ0v) is 12.8. The van der Waals surface area contributed by atoms with E-state index in [2.05, 4.69) is 37.0 Å². The number of amides is 1. The number of benzene rings is 1. The van der Waals surface area contributed by atoms with Crippen LogP contribution in [0.1, 0.15) is 29.8 Å². The maximum atomic E-state index is 12.7. The van der Waals surface area contributed by atoms with E-state index in [0.717, 1.165) is 18.7 Å². The lowest BCUT2D eigenvalue weighted by molar-refractivity contribution is 0.0720. The second-order valence-corrected chi connectivity index (χ2v) is 6.06. The fourth-order valence-corrected chi connectivity index (χ4v) is 2.67. The molecule has 1 amide bonds. The summed E-state index contributed by atoms with van der Waals surface area (Å²) in [5.74, 6) is 0.581. The average molecular weight is 272 g/mol. The van der Waals surface area contributed by atoms with Crippen molar-refractivity contribution in [3.8, 4) is 0 Å². The van der Waals surface area contributed by atoms with Gasteiger partial charge in [-0.05, 0) is 37.7 Å². The molecule has 0 bridgehead atoms. The maximum Gasteiger partial charge on any atom is 0.254 e. The van der Waals surface area contributed by atoms with Crippen molar-refractivity contribution in [2.24, 2.45) is 5.92 Å². The van der Waals surface area contributed by atoms with Gasteiger partial charge in [0, 0.05) is 18.7 Å². The van der Waals surface area contributed by atoms with Crippen molar-refractivity contribution < 1.29 is 4.79 Å². The molecule has 1 unspecified atom stereocenters. The molecule has 1 heterocycles. The van der Waals surface area contributed by atoms with E-state index in [1.54, 1.807) is 0 Å². The Morgan fingerprint density at radius 3 is 2.80 bits per heavy atom. The molecule has 1 aliphatic heterocycles. The minimum Gasteiger partial charge on any atom is -0.328 e. The van der Waals surface area contributed by atoms with Crippen LogP contribution < -0.4 is 0 Å². The molecule has 3 heteroatoms. The molecule has 0 radical (unpaired) electrons. The summed E-state index contributed by atoms with van der Waals surface area (Å²) >= 11 is 0. The zero-order chi connectivity index (χ0) is 14.7. The van der Waals surface area contributed by atoms with Crippen LogP contribution >= 0.6 is 0 Å². The molecule has 2 rings (SSSR count). The predicted molar refractivity (Wildman–Crippen MR) is 82.6 cm³/mol. The Balaban J connectivity index is 2.17. The van der Waals surface area contributed by atoms with Crippen molar-refractivity contribution in [2.75, 3.05) is 20.6 Å². The highest BCUT2D eigenvalue weighted by molar-refractivity contribution is 5.95. The van der Waals surface area contributed by atoms with Gasteiger partial charge < -0.3 is 9.80 Å². The highest BCUT2D eigenvalue weighted by atomic mass is 16.2. The van der Waals surface area contributed by atoms with Crippen LogP contribution in [-0.2, 0) is 6.54 Å². The van der Waals surface area contributed by atoms with E-state index in [0.29, 0.717) is 5.92 Å². The third kappa shape index (κ3) is 3.28. The first-order valence-corrected chi connectivity index (χ1v) is 7.20. The molecule has 0 saturated heterocycles. The van der Waals surface area contributed by atoms with Crippen LogP contribution in [0.25, 0.3) is 0 Å². The van der Waals surface area contributed by atoms with Gasteiger partial charge in [0.25, 0.3) is 5.91 Å². The van der Waals surface area contributed by atoms with Crippen LogP contribution in [0.5, 0.6) is 0 Å². The van der Waals surface area contributed by atoms with Crippen molar-refractivity contribution in [2.45, 2.75) is 26.4 Å². The Kier molecular flexibility index (Phi) is 4.61. The summed E-state index contributed by atoms with van der Waals surface area (Å²) in [6.07, 6.45) is 4.23. The number of hydrogen-bond donors (Lipinski definition) is 0. The molecule has 1 aromatic rings. The monoisotopic (exact) mass is 272 g/mol. The van der Waals surface area contributed by atoms with Gasteiger partial charge in [-0.25, -0.2) is 0 Å². The fraction of sp³-hybridized carbons (Fsp3) is 0.471. The molecule has 108 valence electrons. The predicted octanol–water partition coefficient (Wildman–Crippen LogP) is 2.78. The Morgan fingerprint density at radius 1 is 1.40 bits per heavy atom. The van der Waals surface area contributed by atoms with E-state index in [1.807, 2.05) is 37.2 Å². The van der Waals surface area contributed by atoms with Crippen LogP contribution in [0.3, 0.4) is 0 Å². The molecule has 1 aliphatic rings. The fourth-order valence-electron chi connectivity index (χ4n) is 2.67. The van der Waals surface area contributed by atoms with Gasteiger partial charge in [-0.15, -0.1) is 0 Å². The summed E-state index contributed by atoms with van der Waals surface area (Å²) in [7, 11) is 4.07. The van der Waals surface area contributed by atoms with Crippen molar-refractivity contribution >= 4 is 5.91 Å². The van der Waals surface area contributed by atoms with Crippen molar-refractivity contribution in [3.63, 3.8) is 0 Å². The van der Waals surface area contributed by atoms with Gasteiger partial charge >= 0.3 is 0 Å². The van der Waals surface area contributed by atoms with Crippen LogP contribution in [-0.4, -0.2) is 42.4 Å². The highest BCUT2D eigenvalue weighted by Gasteiger charge is 2.27. The van der Waals surface area contributed by atoms with E-state index in [4.69, 9.17) is 0 Å².